The van der Waals surface area contributed by atoms with Crippen molar-refractivity contribution in [3.8, 4) is 11.5 Å². The molecule has 2 aliphatic rings. The summed E-state index contributed by atoms with van der Waals surface area (Å²) in [6, 6.07) is 6.84. The number of likely N-dealkylation sites (N-methyl/N-ethyl adjacent to an activating group) is 1. The van der Waals surface area contributed by atoms with Gasteiger partial charge in [-0.05, 0) is 38.1 Å². The van der Waals surface area contributed by atoms with Crippen LogP contribution in [0, 0.1) is 0 Å². The summed E-state index contributed by atoms with van der Waals surface area (Å²) in [5, 5.41) is 7.45. The standard InChI is InChI=1S/C18H25N5O3S.ClH/c1-22-11-8-19-13-16(22)17-20-18(26-21-17)14-6-5-7-15(12-14)27(24,25)23-9-3-2-4-10-23;/h5-7,12,16,19H,2-4,8-11,13H2,1H3;1H. The number of piperazine rings is 1. The Labute approximate surface area is 171 Å². The van der Waals surface area contributed by atoms with Crippen LogP contribution in [0.2, 0.25) is 0 Å². The Kier molecular flexibility index (Phi) is 6.72. The van der Waals surface area contributed by atoms with Gasteiger partial charge in [-0.3, -0.25) is 4.90 Å². The number of nitrogens with one attached hydrogen (secondary N) is 1. The molecule has 0 radical (unpaired) electrons. The van der Waals surface area contributed by atoms with Crippen LogP contribution < -0.4 is 5.32 Å². The van der Waals surface area contributed by atoms with Crippen molar-refractivity contribution in [2.75, 3.05) is 39.8 Å². The number of hydrogen-bond acceptors (Lipinski definition) is 7. The highest BCUT2D eigenvalue weighted by molar-refractivity contribution is 7.89. The summed E-state index contributed by atoms with van der Waals surface area (Å²) >= 11 is 0. The van der Waals surface area contributed by atoms with Gasteiger partial charge in [0.25, 0.3) is 5.89 Å². The number of piperidine rings is 1. The predicted octanol–water partition coefficient (Wildman–Crippen LogP) is 1.91. The van der Waals surface area contributed by atoms with Crippen molar-refractivity contribution in [2.45, 2.75) is 30.2 Å². The van der Waals surface area contributed by atoms with Crippen molar-refractivity contribution < 1.29 is 12.9 Å². The zero-order valence-electron chi connectivity index (χ0n) is 15.9. The maximum Gasteiger partial charge on any atom is 0.258 e. The predicted molar refractivity (Wildman–Crippen MR) is 108 cm³/mol. The first-order valence-electron chi connectivity index (χ1n) is 9.41. The largest absolute Gasteiger partial charge is 0.334 e. The van der Waals surface area contributed by atoms with Crippen LogP contribution in [0.3, 0.4) is 0 Å². The maximum atomic E-state index is 12.9. The molecule has 1 N–H and O–H groups in total. The molecule has 0 bridgehead atoms. The number of sulfonamides is 1. The van der Waals surface area contributed by atoms with Gasteiger partial charge < -0.3 is 9.84 Å². The smallest absolute Gasteiger partial charge is 0.258 e. The molecule has 2 fully saturated rings. The van der Waals surface area contributed by atoms with Gasteiger partial charge in [-0.2, -0.15) is 9.29 Å². The lowest BCUT2D eigenvalue weighted by molar-refractivity contribution is 0.190. The molecule has 0 aliphatic carbocycles. The summed E-state index contributed by atoms with van der Waals surface area (Å²) in [6.45, 7) is 3.78. The van der Waals surface area contributed by atoms with Crippen LogP contribution >= 0.6 is 12.4 Å². The van der Waals surface area contributed by atoms with Crippen LogP contribution in [0.25, 0.3) is 11.5 Å². The molecular formula is C18H26ClN5O3S. The Balaban J connectivity index is 0.00000225. The van der Waals surface area contributed by atoms with Crippen molar-refractivity contribution in [3.63, 3.8) is 0 Å². The van der Waals surface area contributed by atoms with E-state index in [4.69, 9.17) is 4.52 Å². The van der Waals surface area contributed by atoms with Crippen LogP contribution in [0.4, 0.5) is 0 Å². The summed E-state index contributed by atoms with van der Waals surface area (Å²) in [7, 11) is -1.45. The highest BCUT2D eigenvalue weighted by Gasteiger charge is 2.28. The van der Waals surface area contributed by atoms with Gasteiger partial charge in [0.2, 0.25) is 10.0 Å². The molecule has 2 aromatic rings. The summed E-state index contributed by atoms with van der Waals surface area (Å²) < 4.78 is 32.8. The van der Waals surface area contributed by atoms with Gasteiger partial charge in [0.05, 0.1) is 10.9 Å². The summed E-state index contributed by atoms with van der Waals surface area (Å²) in [5.41, 5.74) is 0.623. The fourth-order valence-electron chi connectivity index (χ4n) is 3.63. The Bertz CT molecular complexity index is 898. The molecule has 0 amide bonds. The van der Waals surface area contributed by atoms with Crippen LogP contribution in [0.5, 0.6) is 0 Å². The summed E-state index contributed by atoms with van der Waals surface area (Å²) in [5.74, 6) is 0.962. The maximum absolute atomic E-state index is 12.9. The molecule has 0 saturated carbocycles. The minimum absolute atomic E-state index is 0. The number of hydrogen-bond donors (Lipinski definition) is 1. The van der Waals surface area contributed by atoms with Crippen LogP contribution in [0.15, 0.2) is 33.7 Å². The number of nitrogens with zero attached hydrogens (tertiary/aromatic N) is 4. The van der Waals surface area contributed by atoms with Gasteiger partial charge in [-0.25, -0.2) is 8.42 Å². The molecule has 1 aromatic carbocycles. The van der Waals surface area contributed by atoms with E-state index in [1.54, 1.807) is 28.6 Å². The molecule has 4 rings (SSSR count). The summed E-state index contributed by atoms with van der Waals surface area (Å²) in [4.78, 5) is 6.98. The van der Waals surface area contributed by atoms with E-state index in [1.165, 1.54) is 0 Å². The molecule has 3 heterocycles. The van der Waals surface area contributed by atoms with Crippen molar-refractivity contribution in [2.24, 2.45) is 0 Å². The molecule has 1 aromatic heterocycles. The molecule has 2 saturated heterocycles. The third-order valence-electron chi connectivity index (χ3n) is 5.28. The lowest BCUT2D eigenvalue weighted by atomic mass is 10.2. The van der Waals surface area contributed by atoms with Crippen molar-refractivity contribution in [3.05, 3.63) is 30.1 Å². The minimum atomic E-state index is -3.49. The van der Waals surface area contributed by atoms with E-state index < -0.39 is 10.0 Å². The topological polar surface area (TPSA) is 91.6 Å². The molecule has 2 aliphatic heterocycles. The lowest BCUT2D eigenvalue weighted by Gasteiger charge is -2.30. The average Bonchev–Trinajstić information content (AvgIpc) is 3.19. The first kappa shape index (κ1) is 21.2. The Morgan fingerprint density at radius 2 is 1.96 bits per heavy atom. The van der Waals surface area contributed by atoms with Gasteiger partial charge >= 0.3 is 0 Å². The van der Waals surface area contributed by atoms with Gasteiger partial charge in [0.1, 0.15) is 0 Å². The van der Waals surface area contributed by atoms with E-state index in [0.29, 0.717) is 30.4 Å². The van der Waals surface area contributed by atoms with Gasteiger partial charge in [0.15, 0.2) is 5.82 Å². The van der Waals surface area contributed by atoms with Crippen LogP contribution in [-0.4, -0.2) is 67.5 Å². The minimum Gasteiger partial charge on any atom is -0.334 e. The first-order valence-corrected chi connectivity index (χ1v) is 10.8. The fourth-order valence-corrected chi connectivity index (χ4v) is 5.19. The number of benzene rings is 1. The summed E-state index contributed by atoms with van der Waals surface area (Å²) in [6.07, 6.45) is 2.91. The molecule has 8 nitrogen and oxygen atoms in total. The normalized spacial score (nSPS) is 22.0. The second kappa shape index (κ2) is 8.87. The van der Waals surface area contributed by atoms with Gasteiger partial charge in [-0.1, -0.05) is 17.6 Å². The number of halogens is 1. The zero-order chi connectivity index (χ0) is 18.9. The zero-order valence-corrected chi connectivity index (χ0v) is 17.5. The monoisotopic (exact) mass is 427 g/mol. The Hall–Kier alpha value is -1.52. The molecule has 154 valence electrons. The van der Waals surface area contributed by atoms with Crippen LogP contribution in [0.1, 0.15) is 31.1 Å². The van der Waals surface area contributed by atoms with E-state index in [-0.39, 0.29) is 23.3 Å². The average molecular weight is 428 g/mol. The second-order valence-corrected chi connectivity index (χ2v) is 9.09. The van der Waals surface area contributed by atoms with Gasteiger partial charge in [-0.15, -0.1) is 12.4 Å². The van der Waals surface area contributed by atoms with E-state index in [9.17, 15) is 8.42 Å². The third kappa shape index (κ3) is 4.23. The fraction of sp³-hybridized carbons (Fsp3) is 0.556. The van der Waals surface area contributed by atoms with E-state index in [2.05, 4.69) is 20.4 Å². The Morgan fingerprint density at radius 3 is 2.71 bits per heavy atom. The highest BCUT2D eigenvalue weighted by Crippen LogP contribution is 2.27. The molecule has 1 atom stereocenters. The molecule has 10 heteroatoms. The lowest BCUT2D eigenvalue weighted by Crippen LogP contribution is -2.44. The van der Waals surface area contributed by atoms with Crippen LogP contribution in [-0.2, 0) is 10.0 Å². The van der Waals surface area contributed by atoms with E-state index >= 15 is 0 Å². The van der Waals surface area contributed by atoms with Crippen molar-refractivity contribution >= 4 is 22.4 Å². The number of aromatic nitrogens is 2. The quantitative estimate of drug-likeness (QED) is 0.796. The van der Waals surface area contributed by atoms with E-state index in [0.717, 1.165) is 38.9 Å². The SMILES string of the molecule is CN1CCNCC1c1noc(-c2cccc(S(=O)(=O)N3CCCCC3)c2)n1.Cl. The second-order valence-electron chi connectivity index (χ2n) is 7.15. The molecule has 0 spiro atoms. The van der Waals surface area contributed by atoms with Crippen molar-refractivity contribution in [1.29, 1.82) is 0 Å². The molecule has 1 unspecified atom stereocenters. The first-order chi connectivity index (χ1) is 13.1. The third-order valence-corrected chi connectivity index (χ3v) is 7.18. The van der Waals surface area contributed by atoms with Crippen molar-refractivity contribution in [1.82, 2.24) is 24.7 Å². The molecular weight excluding hydrogens is 402 g/mol. The van der Waals surface area contributed by atoms with Gasteiger partial charge in [0, 0.05) is 38.3 Å². The number of rotatable bonds is 4. The molecule has 28 heavy (non-hydrogen) atoms. The van der Waals surface area contributed by atoms with E-state index in [1.807, 2.05) is 7.05 Å². The Morgan fingerprint density at radius 1 is 1.18 bits per heavy atom. The highest BCUT2D eigenvalue weighted by atomic mass is 35.5.